The van der Waals surface area contributed by atoms with E-state index in [0.717, 1.165) is 53.4 Å². The van der Waals surface area contributed by atoms with Crippen LogP contribution < -0.4 is 0 Å². The second-order valence-corrected chi connectivity index (χ2v) is 29.8. The number of aliphatic hydroxyl groups excluding tert-OH is 1. The second kappa shape index (κ2) is 47.6. The summed E-state index contributed by atoms with van der Waals surface area (Å²) in [5, 5.41) is 11.0. The van der Waals surface area contributed by atoms with Gasteiger partial charge in [0.25, 0.3) is 11.8 Å². The van der Waals surface area contributed by atoms with Crippen LogP contribution in [0.15, 0.2) is 24.3 Å². The van der Waals surface area contributed by atoms with Crippen LogP contribution in [-0.4, -0.2) is 423 Å². The van der Waals surface area contributed by atoms with E-state index in [9.17, 15) is 53.1 Å². The molecule has 1 aromatic carbocycles. The molecule has 7 fully saturated rings. The van der Waals surface area contributed by atoms with Crippen LogP contribution in [0, 0.1) is 0 Å². The summed E-state index contributed by atoms with van der Waals surface area (Å²) in [4.78, 5) is 133. The van der Waals surface area contributed by atoms with Crippen LogP contribution in [0.25, 0.3) is 0 Å². The lowest BCUT2D eigenvalue weighted by atomic mass is 9.94. The normalized spacial score (nSPS) is 37.8. The number of imide groups is 1. The Balaban J connectivity index is 1.03. The Labute approximate surface area is 720 Å². The van der Waals surface area contributed by atoms with Crippen molar-refractivity contribution < 1.29 is 214 Å². The van der Waals surface area contributed by atoms with E-state index >= 15 is 0 Å². The molecule has 46 heteroatoms. The number of carbonyl (C=O) groups is 10. The van der Waals surface area contributed by atoms with Crippen molar-refractivity contribution in [1.29, 1.82) is 0 Å². The van der Waals surface area contributed by atoms with Gasteiger partial charge in [-0.3, -0.25) is 52.8 Å². The van der Waals surface area contributed by atoms with Gasteiger partial charge in [0.15, 0.2) is 74.6 Å². The summed E-state index contributed by atoms with van der Waals surface area (Å²) in [6.07, 6.45) is -51.1. The minimum absolute atomic E-state index is 0.0197. The van der Waals surface area contributed by atoms with Crippen molar-refractivity contribution in [3.63, 3.8) is 0 Å². The Morgan fingerprint density at radius 1 is 0.272 bits per heavy atom. The quantitative estimate of drug-likeness (QED) is 0.0425. The van der Waals surface area contributed by atoms with Gasteiger partial charge in [-0.15, -0.1) is 0 Å². The molecule has 708 valence electrons. The van der Waals surface area contributed by atoms with Crippen molar-refractivity contribution in [2.75, 3.05) is 139 Å². The van der Waals surface area contributed by atoms with Crippen LogP contribution in [0.5, 0.6) is 0 Å². The lowest BCUT2D eigenvalue weighted by Gasteiger charge is -2.52. The SMILES string of the molecule is COCC1O[C@@H](O[C@H]2C(OC)C(OC)[C@@H](O[C@H]3C(OC)C(OC)[C@H](O[C@@H]4C(COC(C)=O)O[C@@H](O)C(OC)[C@@H]4OC)O[C@H]3COC)O[C@H]2COC)C(OC)[C@@H](OC)[C@@H]1O[C@@H]1OC(CN2C(=O)c3ccccc3C2=O)[C@@H](O[C@@H]2OC(COC(C)=O)[C@@H](O[C@H]3OC(COC(C)=O)[C@@H](OC(C)=O)C(OC(C)=O)C3OC(C)=O)C(OC(C)=O)C2OC(C)=O)[C@@H](OC)C1OC. The number of ether oxygens (including phenoxy) is 34. The van der Waals surface area contributed by atoms with E-state index in [4.69, 9.17) is 161 Å². The number of nitrogens with zero attached hydrogens (tertiary/aromatic N) is 1. The summed E-state index contributed by atoms with van der Waals surface area (Å²) in [6.45, 7) is 4.99. The van der Waals surface area contributed by atoms with Gasteiger partial charge in [0, 0.05) is 148 Å². The minimum Gasteiger partial charge on any atom is -0.463 e. The van der Waals surface area contributed by atoms with Gasteiger partial charge in [0.1, 0.15) is 160 Å². The van der Waals surface area contributed by atoms with E-state index in [2.05, 4.69) is 0 Å². The molecule has 0 spiro atoms. The largest absolute Gasteiger partial charge is 0.463 e. The summed E-state index contributed by atoms with van der Waals surface area (Å²) >= 11 is 0. The van der Waals surface area contributed by atoms with Gasteiger partial charge in [-0.05, 0) is 12.1 Å². The van der Waals surface area contributed by atoms with Crippen LogP contribution in [0.3, 0.4) is 0 Å². The van der Waals surface area contributed by atoms with Crippen LogP contribution in [0.4, 0.5) is 0 Å². The van der Waals surface area contributed by atoms with Crippen molar-refractivity contribution >= 4 is 59.6 Å². The maximum atomic E-state index is 14.6. The molecule has 8 aliphatic heterocycles. The number of aliphatic hydroxyl groups is 1. The molecule has 7 saturated heterocycles. The molecule has 0 bridgehead atoms. The van der Waals surface area contributed by atoms with Crippen molar-refractivity contribution in [2.24, 2.45) is 0 Å². The molecule has 46 nitrogen and oxygen atoms in total. The Hall–Kier alpha value is -6.96. The zero-order chi connectivity index (χ0) is 91.5. The van der Waals surface area contributed by atoms with E-state index in [1.807, 2.05) is 0 Å². The molecular weight excluding hydrogens is 1680 g/mol. The Kier molecular flexibility index (Phi) is 38.7. The number of methoxy groups -OCH3 is 13. The third kappa shape index (κ3) is 24.4. The first kappa shape index (κ1) is 102. The Bertz CT molecular complexity index is 3660. The maximum absolute atomic E-state index is 14.6. The second-order valence-electron chi connectivity index (χ2n) is 29.8. The molecule has 0 saturated carbocycles. The van der Waals surface area contributed by atoms with Gasteiger partial charge in [0.2, 0.25) is 0 Å². The highest BCUT2D eigenvalue weighted by Gasteiger charge is 2.63. The fourth-order valence-electron chi connectivity index (χ4n) is 16.6. The fraction of sp³-hybridized carbons (Fsp3) is 0.797. The van der Waals surface area contributed by atoms with Crippen LogP contribution in [-0.2, 0) is 199 Å². The third-order valence-corrected chi connectivity index (χ3v) is 21.7. The maximum Gasteiger partial charge on any atom is 0.303 e. The average Bonchev–Trinajstić information content (AvgIpc) is 1.64. The zero-order valence-corrected chi connectivity index (χ0v) is 73.3. The predicted octanol–water partition coefficient (Wildman–Crippen LogP) is -1.90. The first-order valence-corrected chi connectivity index (χ1v) is 39.9. The number of benzene rings is 1. The zero-order valence-electron chi connectivity index (χ0n) is 73.3. The van der Waals surface area contributed by atoms with Crippen molar-refractivity contribution in [3.05, 3.63) is 35.4 Å². The fourth-order valence-corrected chi connectivity index (χ4v) is 16.6. The van der Waals surface area contributed by atoms with E-state index in [-0.39, 0.29) is 37.6 Å². The lowest BCUT2D eigenvalue weighted by molar-refractivity contribution is -0.402. The number of hydrogen-bond donors (Lipinski definition) is 1. The predicted molar refractivity (Wildman–Crippen MR) is 405 cm³/mol. The van der Waals surface area contributed by atoms with E-state index < -0.39 is 294 Å². The number of rotatable bonds is 41. The number of amides is 2. The molecule has 35 atom stereocenters. The van der Waals surface area contributed by atoms with Gasteiger partial charge >= 0.3 is 47.8 Å². The summed E-state index contributed by atoms with van der Waals surface area (Å²) in [5.41, 5.74) is 0.0393. The van der Waals surface area contributed by atoms with Gasteiger partial charge in [-0.25, -0.2) is 0 Å². The summed E-state index contributed by atoms with van der Waals surface area (Å²) < 4.78 is 211. The highest BCUT2D eigenvalue weighted by Crippen LogP contribution is 2.44. The van der Waals surface area contributed by atoms with Gasteiger partial charge in [0.05, 0.1) is 37.5 Å². The van der Waals surface area contributed by atoms with Crippen molar-refractivity contribution in [1.82, 2.24) is 4.90 Å². The average molecular weight is 1800 g/mol. The highest BCUT2D eigenvalue weighted by atomic mass is 16.8. The summed E-state index contributed by atoms with van der Waals surface area (Å²) in [5.74, 6) is -9.09. The number of carbonyl (C=O) groups excluding carboxylic acids is 10. The Morgan fingerprint density at radius 3 is 0.776 bits per heavy atom. The molecule has 0 aliphatic carbocycles. The lowest BCUT2D eigenvalue weighted by Crippen LogP contribution is -2.70. The topological polar surface area (TPSA) is 508 Å². The molecule has 0 radical (unpaired) electrons. The van der Waals surface area contributed by atoms with Gasteiger partial charge in [-0.2, -0.15) is 0 Å². The highest BCUT2D eigenvalue weighted by molar-refractivity contribution is 6.21. The summed E-state index contributed by atoms with van der Waals surface area (Å²) in [7, 11) is 17.8. The number of esters is 8. The van der Waals surface area contributed by atoms with Gasteiger partial charge in [-0.1, -0.05) is 12.1 Å². The standard InChI is InChI=1S/C79H117NO45/c1-33(81)105-30-47-54(57(95-12)64(100-17)73(91)113-47)124-77-68(104-21)61(99-16)53(46(117-77)29-94-11)123-76-67(103-20)60(98-15)52(45(116-76)28-93-10)122-75-66(102-19)59(97-14)51(44(115-75)27-92-9)121-74-65(101-18)58(96-13)50(43(114-74)26-80-71(89)41-24-22-23-25-42(41)72(80)90)120-78-70(112-40(8)88)63(110-38(6)86)56(49(119-78)32-107-35(3)83)125-79-69(111-39(7)87)62(109-37(5)85)55(108-36(4)84)48(118-79)31-106-34(2)82/h22-25,43-70,73-79,91H,26-32H2,1-21H3/t43?,44?,45-,46-,47?,48?,49?,50+,51+,52+,53+,54+,55+,56+,57+,58+,59-,60?,61?,62?,63?,64?,65?,66?,67?,68?,69?,70?,73+,74-,75-,76+,77-,78-,79+/m0/s1. The number of hydrogen-bond acceptors (Lipinski definition) is 45. The minimum atomic E-state index is -2.07. The molecule has 125 heavy (non-hydrogen) atoms. The number of fused-ring (bicyclic) bond motifs is 1. The Morgan fingerprint density at radius 2 is 0.496 bits per heavy atom. The molecule has 0 aromatic heterocycles. The van der Waals surface area contributed by atoms with Crippen molar-refractivity contribution in [3.8, 4) is 0 Å². The third-order valence-electron chi connectivity index (χ3n) is 21.7. The molecule has 8 heterocycles. The van der Waals surface area contributed by atoms with E-state index in [1.165, 1.54) is 111 Å². The molecule has 2 amide bonds. The van der Waals surface area contributed by atoms with E-state index in [0.29, 0.717) is 0 Å². The first-order chi connectivity index (χ1) is 59.7. The summed E-state index contributed by atoms with van der Waals surface area (Å²) in [6, 6.07) is 5.99. The van der Waals surface area contributed by atoms with Crippen LogP contribution in [0.2, 0.25) is 0 Å². The van der Waals surface area contributed by atoms with E-state index in [1.54, 1.807) is 12.1 Å². The molecule has 1 aromatic rings. The molecule has 1 N–H and O–H groups in total. The smallest absolute Gasteiger partial charge is 0.303 e. The van der Waals surface area contributed by atoms with Crippen LogP contribution >= 0.6 is 0 Å². The molecule has 8 aliphatic rings. The van der Waals surface area contributed by atoms with Gasteiger partial charge < -0.3 is 166 Å². The molecular formula is C79H117NO45. The molecule has 16 unspecified atom stereocenters. The van der Waals surface area contributed by atoms with Crippen LogP contribution in [0.1, 0.15) is 76.1 Å². The molecule has 9 rings (SSSR count). The monoisotopic (exact) mass is 1800 g/mol. The van der Waals surface area contributed by atoms with Crippen molar-refractivity contribution in [2.45, 2.75) is 270 Å². The first-order valence-electron chi connectivity index (χ1n) is 39.9.